The third-order valence-corrected chi connectivity index (χ3v) is 5.58. The first-order chi connectivity index (χ1) is 14.6. The van der Waals surface area contributed by atoms with Crippen LogP contribution in [0.25, 0.3) is 21.8 Å². The lowest BCUT2D eigenvalue weighted by Crippen LogP contribution is -2.48. The molecule has 4 aromatic rings. The van der Waals surface area contributed by atoms with E-state index in [0.29, 0.717) is 11.3 Å². The summed E-state index contributed by atoms with van der Waals surface area (Å²) in [5.41, 5.74) is 3.45. The first kappa shape index (κ1) is 18.4. The molecule has 3 heterocycles. The van der Waals surface area contributed by atoms with E-state index in [1.807, 2.05) is 17.0 Å². The third kappa shape index (κ3) is 3.30. The molecule has 30 heavy (non-hydrogen) atoms. The van der Waals surface area contributed by atoms with Crippen molar-refractivity contribution in [1.82, 2.24) is 20.1 Å². The lowest BCUT2D eigenvalue weighted by molar-refractivity contribution is -0.129. The van der Waals surface area contributed by atoms with E-state index in [1.54, 1.807) is 19.2 Å². The van der Waals surface area contributed by atoms with Gasteiger partial charge in [-0.1, -0.05) is 0 Å². The van der Waals surface area contributed by atoms with Gasteiger partial charge in [0.05, 0.1) is 11.7 Å². The minimum Gasteiger partial charge on any atom is -0.368 e. The van der Waals surface area contributed by atoms with Gasteiger partial charge in [-0.25, -0.2) is 9.37 Å². The second-order valence-electron chi connectivity index (χ2n) is 7.45. The maximum atomic E-state index is 13.7. The van der Waals surface area contributed by atoms with Crippen LogP contribution in [0, 0.1) is 5.82 Å². The SMILES string of the molecule is CC(=O)N1CCN(c2ccc(Nc3nc4ccc(F)cc4c4cn[nH]c34)cc2)CC1. The van der Waals surface area contributed by atoms with Crippen molar-refractivity contribution >= 4 is 44.9 Å². The van der Waals surface area contributed by atoms with E-state index in [4.69, 9.17) is 0 Å². The Morgan fingerprint density at radius 2 is 1.83 bits per heavy atom. The van der Waals surface area contributed by atoms with Crippen LogP contribution in [0.4, 0.5) is 21.6 Å². The summed E-state index contributed by atoms with van der Waals surface area (Å²) >= 11 is 0. The van der Waals surface area contributed by atoms with Crippen molar-refractivity contribution in [2.24, 2.45) is 0 Å². The lowest BCUT2D eigenvalue weighted by Gasteiger charge is -2.35. The Labute approximate surface area is 172 Å². The van der Waals surface area contributed by atoms with E-state index in [2.05, 4.69) is 37.5 Å². The number of pyridine rings is 1. The van der Waals surface area contributed by atoms with Gasteiger partial charge >= 0.3 is 0 Å². The Hall–Kier alpha value is -3.68. The summed E-state index contributed by atoms with van der Waals surface area (Å²) in [4.78, 5) is 20.3. The monoisotopic (exact) mass is 404 g/mol. The van der Waals surface area contributed by atoms with Gasteiger partial charge in [-0.2, -0.15) is 5.10 Å². The standard InChI is InChI=1S/C22H21FN6O/c1-14(30)28-8-10-29(11-9-28)17-5-3-16(4-6-17)25-22-21-19(13-24-27-21)18-12-15(23)2-7-20(18)26-22/h2-7,12-13H,8-11H2,1H3,(H,24,27)(H,25,26). The Morgan fingerprint density at radius 1 is 1.07 bits per heavy atom. The second kappa shape index (κ2) is 7.29. The molecule has 1 aliphatic rings. The lowest BCUT2D eigenvalue weighted by atomic mass is 10.1. The van der Waals surface area contributed by atoms with Crippen molar-refractivity contribution in [2.75, 3.05) is 36.4 Å². The number of carbonyl (C=O) groups is 1. The molecule has 2 aromatic heterocycles. The number of aromatic amines is 1. The fraction of sp³-hybridized carbons (Fsp3) is 0.227. The number of halogens is 1. The summed E-state index contributed by atoms with van der Waals surface area (Å²) in [7, 11) is 0. The molecule has 152 valence electrons. The molecule has 2 aromatic carbocycles. The van der Waals surface area contributed by atoms with Crippen LogP contribution in [0.2, 0.25) is 0 Å². The number of rotatable bonds is 3. The molecular formula is C22H21FN6O. The molecule has 0 radical (unpaired) electrons. The van der Waals surface area contributed by atoms with Crippen molar-refractivity contribution in [3.63, 3.8) is 0 Å². The van der Waals surface area contributed by atoms with Crippen LogP contribution in [0.5, 0.6) is 0 Å². The van der Waals surface area contributed by atoms with Gasteiger partial charge in [0, 0.05) is 55.2 Å². The van der Waals surface area contributed by atoms with Crippen molar-refractivity contribution in [1.29, 1.82) is 0 Å². The molecule has 0 spiro atoms. The highest BCUT2D eigenvalue weighted by molar-refractivity contribution is 6.08. The summed E-state index contributed by atoms with van der Waals surface area (Å²) in [6.45, 7) is 4.75. The predicted molar refractivity (Wildman–Crippen MR) is 116 cm³/mol. The molecular weight excluding hydrogens is 383 g/mol. The Kier molecular flexibility index (Phi) is 4.46. The number of amides is 1. The largest absolute Gasteiger partial charge is 0.368 e. The Morgan fingerprint density at radius 3 is 2.57 bits per heavy atom. The predicted octanol–water partition coefficient (Wildman–Crippen LogP) is 3.66. The number of anilines is 3. The molecule has 0 unspecified atom stereocenters. The van der Waals surface area contributed by atoms with Crippen molar-refractivity contribution in [3.8, 4) is 0 Å². The van der Waals surface area contributed by atoms with Crippen molar-refractivity contribution < 1.29 is 9.18 Å². The number of nitrogens with one attached hydrogen (secondary N) is 2. The maximum absolute atomic E-state index is 13.7. The van der Waals surface area contributed by atoms with Crippen LogP contribution < -0.4 is 10.2 Å². The molecule has 7 nitrogen and oxygen atoms in total. The van der Waals surface area contributed by atoms with Crippen molar-refractivity contribution in [2.45, 2.75) is 6.92 Å². The van der Waals surface area contributed by atoms with Gasteiger partial charge in [0.15, 0.2) is 5.82 Å². The van der Waals surface area contributed by atoms with E-state index in [1.165, 1.54) is 12.1 Å². The molecule has 1 fully saturated rings. The zero-order valence-corrected chi connectivity index (χ0v) is 16.5. The van der Waals surface area contributed by atoms with Gasteiger partial charge < -0.3 is 15.1 Å². The molecule has 8 heteroatoms. The fourth-order valence-electron chi connectivity index (χ4n) is 3.93. The van der Waals surface area contributed by atoms with Gasteiger partial charge in [-0.05, 0) is 42.5 Å². The van der Waals surface area contributed by atoms with Crippen LogP contribution in [0.1, 0.15) is 6.92 Å². The minimum atomic E-state index is -0.299. The summed E-state index contributed by atoms with van der Waals surface area (Å²) in [6.07, 6.45) is 1.69. The number of hydrogen-bond acceptors (Lipinski definition) is 5. The molecule has 1 amide bonds. The fourth-order valence-corrected chi connectivity index (χ4v) is 3.93. The molecule has 1 aliphatic heterocycles. The first-order valence-electron chi connectivity index (χ1n) is 9.88. The minimum absolute atomic E-state index is 0.130. The van der Waals surface area contributed by atoms with Gasteiger partial charge in [0.2, 0.25) is 5.91 Å². The van der Waals surface area contributed by atoms with E-state index in [0.717, 1.165) is 53.8 Å². The summed E-state index contributed by atoms with van der Waals surface area (Å²) in [5.74, 6) is 0.474. The molecule has 5 rings (SSSR count). The number of hydrogen-bond donors (Lipinski definition) is 2. The zero-order valence-electron chi connectivity index (χ0n) is 16.5. The van der Waals surface area contributed by atoms with Gasteiger partial charge in [-0.15, -0.1) is 0 Å². The number of fused-ring (bicyclic) bond motifs is 3. The number of carbonyl (C=O) groups excluding carboxylic acids is 1. The van der Waals surface area contributed by atoms with Gasteiger partial charge in [0.25, 0.3) is 0 Å². The Balaban J connectivity index is 1.38. The van der Waals surface area contributed by atoms with Crippen molar-refractivity contribution in [3.05, 3.63) is 54.5 Å². The summed E-state index contributed by atoms with van der Waals surface area (Å²) in [6, 6.07) is 12.7. The van der Waals surface area contributed by atoms with E-state index >= 15 is 0 Å². The van der Waals surface area contributed by atoms with Gasteiger partial charge in [-0.3, -0.25) is 9.89 Å². The van der Waals surface area contributed by atoms with Crippen LogP contribution >= 0.6 is 0 Å². The number of benzene rings is 2. The Bertz CT molecular complexity index is 1230. The van der Waals surface area contributed by atoms with E-state index < -0.39 is 0 Å². The van der Waals surface area contributed by atoms with Gasteiger partial charge in [0.1, 0.15) is 11.3 Å². The van der Waals surface area contributed by atoms with E-state index in [9.17, 15) is 9.18 Å². The molecule has 0 saturated carbocycles. The van der Waals surface area contributed by atoms with Crippen LogP contribution in [0.15, 0.2) is 48.7 Å². The first-order valence-corrected chi connectivity index (χ1v) is 9.88. The van der Waals surface area contributed by atoms with Crippen LogP contribution in [0.3, 0.4) is 0 Å². The quantitative estimate of drug-likeness (QED) is 0.545. The number of piperazine rings is 1. The maximum Gasteiger partial charge on any atom is 0.219 e. The third-order valence-electron chi connectivity index (χ3n) is 5.58. The summed E-state index contributed by atoms with van der Waals surface area (Å²) in [5, 5.41) is 12.0. The van der Waals surface area contributed by atoms with E-state index in [-0.39, 0.29) is 11.7 Å². The average Bonchev–Trinajstić information content (AvgIpc) is 3.26. The highest BCUT2D eigenvalue weighted by atomic mass is 19.1. The zero-order chi connectivity index (χ0) is 20.7. The molecule has 2 N–H and O–H groups in total. The molecule has 0 aliphatic carbocycles. The smallest absolute Gasteiger partial charge is 0.219 e. The molecule has 0 atom stereocenters. The molecule has 1 saturated heterocycles. The highest BCUT2D eigenvalue weighted by Crippen LogP contribution is 2.30. The number of nitrogens with zero attached hydrogens (tertiary/aromatic N) is 4. The summed E-state index contributed by atoms with van der Waals surface area (Å²) < 4.78 is 13.7. The number of H-pyrrole nitrogens is 1. The van der Waals surface area contributed by atoms with Crippen LogP contribution in [-0.2, 0) is 4.79 Å². The topological polar surface area (TPSA) is 77.2 Å². The normalized spacial score (nSPS) is 14.5. The average molecular weight is 404 g/mol. The second-order valence-corrected chi connectivity index (χ2v) is 7.45. The van der Waals surface area contributed by atoms with Crippen LogP contribution in [-0.4, -0.2) is 52.2 Å². The number of aromatic nitrogens is 3. The molecule has 0 bridgehead atoms. The highest BCUT2D eigenvalue weighted by Gasteiger charge is 2.19.